The zero-order valence-corrected chi connectivity index (χ0v) is 13.0. The molecule has 3 fully saturated rings. The minimum Gasteiger partial charge on any atom is -0.322 e. The topological polar surface area (TPSA) is 32.3 Å². The number of nitrogens with one attached hydrogen (secondary N) is 1. The summed E-state index contributed by atoms with van der Waals surface area (Å²) in [4.78, 5) is 15.1. The molecule has 108 valence electrons. The molecule has 0 aromatic heterocycles. The van der Waals surface area contributed by atoms with E-state index in [1.807, 2.05) is 11.8 Å². The number of thioether (sulfide) groups is 1. The first-order valence-corrected chi connectivity index (χ1v) is 8.95. The Kier molecular flexibility index (Phi) is 3.82. The first-order valence-electron chi connectivity index (χ1n) is 7.90. The molecule has 2 aliphatic carbocycles. The van der Waals surface area contributed by atoms with Crippen LogP contribution < -0.4 is 5.32 Å². The highest BCUT2D eigenvalue weighted by atomic mass is 32.2. The van der Waals surface area contributed by atoms with Crippen LogP contribution in [-0.2, 0) is 4.79 Å². The second-order valence-corrected chi connectivity index (χ2v) is 7.83. The lowest BCUT2D eigenvalue weighted by Crippen LogP contribution is -2.47. The Hall–Kier alpha value is -0.220. The minimum atomic E-state index is -0.191. The van der Waals surface area contributed by atoms with E-state index in [2.05, 4.69) is 24.1 Å². The molecule has 0 aromatic carbocycles. The number of rotatable bonds is 3. The molecule has 19 heavy (non-hydrogen) atoms. The van der Waals surface area contributed by atoms with Crippen molar-refractivity contribution in [2.24, 2.45) is 0 Å². The molecular formula is C15H26N2OS. The normalized spacial score (nSPS) is 37.7. The van der Waals surface area contributed by atoms with Crippen LogP contribution >= 0.6 is 11.8 Å². The average molecular weight is 282 g/mol. The van der Waals surface area contributed by atoms with E-state index in [-0.39, 0.29) is 11.7 Å². The lowest BCUT2D eigenvalue weighted by molar-refractivity contribution is -0.135. The van der Waals surface area contributed by atoms with E-state index in [0.717, 1.165) is 18.6 Å². The van der Waals surface area contributed by atoms with E-state index in [4.69, 9.17) is 0 Å². The molecule has 1 N–H and O–H groups in total. The minimum absolute atomic E-state index is 0.191. The smallest absolute Gasteiger partial charge is 0.244 e. The predicted molar refractivity (Wildman–Crippen MR) is 80.2 cm³/mol. The van der Waals surface area contributed by atoms with Crippen LogP contribution in [0, 0.1) is 0 Å². The van der Waals surface area contributed by atoms with Crippen LogP contribution in [0.4, 0.5) is 0 Å². The van der Waals surface area contributed by atoms with Crippen molar-refractivity contribution in [1.82, 2.24) is 10.2 Å². The maximum Gasteiger partial charge on any atom is 0.244 e. The van der Waals surface area contributed by atoms with Crippen molar-refractivity contribution >= 4 is 17.7 Å². The summed E-state index contributed by atoms with van der Waals surface area (Å²) >= 11 is 2.05. The Morgan fingerprint density at radius 3 is 2.74 bits per heavy atom. The molecule has 3 rings (SSSR count). The van der Waals surface area contributed by atoms with Crippen LogP contribution in [0.5, 0.6) is 0 Å². The Balaban J connectivity index is 1.78. The summed E-state index contributed by atoms with van der Waals surface area (Å²) in [5, 5.41) is 4.30. The van der Waals surface area contributed by atoms with Crippen molar-refractivity contribution in [2.45, 2.75) is 81.8 Å². The summed E-state index contributed by atoms with van der Waals surface area (Å²) in [6.45, 7) is 4.41. The second kappa shape index (κ2) is 5.28. The standard InChI is InChI=1S/C15H26N2OS/c1-3-19-13-8-6-7-12(13)17-11(2)16-15(14(17)18)9-4-5-10-15/h11-13,16H,3-10H2,1-2H3. The van der Waals surface area contributed by atoms with Crippen LogP contribution in [0.1, 0.15) is 58.8 Å². The van der Waals surface area contributed by atoms with Gasteiger partial charge in [-0.05, 0) is 38.4 Å². The summed E-state index contributed by atoms with van der Waals surface area (Å²) in [7, 11) is 0. The lowest BCUT2D eigenvalue weighted by Gasteiger charge is -2.32. The van der Waals surface area contributed by atoms with Gasteiger partial charge in [-0.15, -0.1) is 0 Å². The van der Waals surface area contributed by atoms with Crippen molar-refractivity contribution in [3.05, 3.63) is 0 Å². The van der Waals surface area contributed by atoms with E-state index in [1.54, 1.807) is 0 Å². The fourth-order valence-corrected chi connectivity index (χ4v) is 5.61. The number of hydrogen-bond donors (Lipinski definition) is 1. The zero-order valence-electron chi connectivity index (χ0n) is 12.2. The van der Waals surface area contributed by atoms with Crippen LogP contribution in [0.3, 0.4) is 0 Å². The van der Waals surface area contributed by atoms with E-state index >= 15 is 0 Å². The molecule has 1 heterocycles. The fourth-order valence-electron chi connectivity index (χ4n) is 4.36. The van der Waals surface area contributed by atoms with Crippen molar-refractivity contribution in [3.8, 4) is 0 Å². The molecular weight excluding hydrogens is 256 g/mol. The largest absolute Gasteiger partial charge is 0.322 e. The molecule has 3 aliphatic rings. The molecule has 1 spiro atoms. The third-order valence-corrected chi connectivity index (χ3v) is 6.47. The van der Waals surface area contributed by atoms with E-state index in [0.29, 0.717) is 17.2 Å². The van der Waals surface area contributed by atoms with Crippen LogP contribution in [0.25, 0.3) is 0 Å². The molecule has 0 radical (unpaired) electrons. The fraction of sp³-hybridized carbons (Fsp3) is 0.933. The summed E-state index contributed by atoms with van der Waals surface area (Å²) in [5.41, 5.74) is -0.191. The lowest BCUT2D eigenvalue weighted by atomic mass is 9.97. The first kappa shape index (κ1) is 13.7. The van der Waals surface area contributed by atoms with E-state index < -0.39 is 0 Å². The molecule has 0 aromatic rings. The number of amides is 1. The third kappa shape index (κ3) is 2.21. The SMILES string of the molecule is CCSC1CCCC1N1C(=O)C2(CCCC2)NC1C. The molecule has 0 bridgehead atoms. The van der Waals surface area contributed by atoms with Gasteiger partial charge in [0.25, 0.3) is 0 Å². The molecule has 3 nitrogen and oxygen atoms in total. The van der Waals surface area contributed by atoms with E-state index in [1.165, 1.54) is 32.1 Å². The quantitative estimate of drug-likeness (QED) is 0.864. The molecule has 1 amide bonds. The van der Waals surface area contributed by atoms with Gasteiger partial charge in [0.1, 0.15) is 0 Å². The molecule has 4 heteroatoms. The van der Waals surface area contributed by atoms with Crippen molar-refractivity contribution in [2.75, 3.05) is 5.75 Å². The predicted octanol–water partition coefficient (Wildman–Crippen LogP) is 2.75. The second-order valence-electron chi connectivity index (χ2n) is 6.31. The van der Waals surface area contributed by atoms with Gasteiger partial charge in [0.2, 0.25) is 5.91 Å². The molecule has 1 aliphatic heterocycles. The van der Waals surface area contributed by atoms with Gasteiger partial charge in [0, 0.05) is 11.3 Å². The van der Waals surface area contributed by atoms with Crippen molar-refractivity contribution in [3.63, 3.8) is 0 Å². The third-order valence-electron chi connectivity index (χ3n) is 5.16. The zero-order chi connectivity index (χ0) is 13.5. The van der Waals surface area contributed by atoms with Crippen LogP contribution in [-0.4, -0.2) is 39.6 Å². The van der Waals surface area contributed by atoms with Gasteiger partial charge in [-0.3, -0.25) is 10.1 Å². The average Bonchev–Trinajstić information content (AvgIpc) is 3.05. The highest BCUT2D eigenvalue weighted by Gasteiger charge is 2.54. The Morgan fingerprint density at radius 1 is 1.32 bits per heavy atom. The monoisotopic (exact) mass is 282 g/mol. The molecule has 3 atom stereocenters. The Bertz CT molecular complexity index is 354. The highest BCUT2D eigenvalue weighted by Crippen LogP contribution is 2.41. The number of hydrogen-bond acceptors (Lipinski definition) is 3. The van der Waals surface area contributed by atoms with E-state index in [9.17, 15) is 4.79 Å². The van der Waals surface area contributed by atoms with Crippen molar-refractivity contribution < 1.29 is 4.79 Å². The van der Waals surface area contributed by atoms with Gasteiger partial charge in [-0.2, -0.15) is 11.8 Å². The molecule has 1 saturated heterocycles. The highest BCUT2D eigenvalue weighted by molar-refractivity contribution is 7.99. The summed E-state index contributed by atoms with van der Waals surface area (Å²) in [6, 6.07) is 0.472. The Labute approximate surface area is 120 Å². The summed E-state index contributed by atoms with van der Waals surface area (Å²) in [5.74, 6) is 1.57. The Morgan fingerprint density at radius 2 is 2.05 bits per heavy atom. The van der Waals surface area contributed by atoms with Gasteiger partial charge in [0.15, 0.2) is 0 Å². The number of carbonyl (C=O) groups is 1. The maximum absolute atomic E-state index is 12.9. The van der Waals surface area contributed by atoms with Crippen molar-refractivity contribution in [1.29, 1.82) is 0 Å². The maximum atomic E-state index is 12.9. The number of nitrogens with zero attached hydrogens (tertiary/aromatic N) is 1. The van der Waals surface area contributed by atoms with Gasteiger partial charge in [0.05, 0.1) is 11.7 Å². The summed E-state index contributed by atoms with van der Waals surface area (Å²) < 4.78 is 0. The van der Waals surface area contributed by atoms with Crippen LogP contribution in [0.2, 0.25) is 0 Å². The first-order chi connectivity index (χ1) is 9.18. The molecule has 2 saturated carbocycles. The van der Waals surface area contributed by atoms with Gasteiger partial charge < -0.3 is 4.90 Å². The van der Waals surface area contributed by atoms with Crippen LogP contribution in [0.15, 0.2) is 0 Å². The van der Waals surface area contributed by atoms with Gasteiger partial charge in [-0.25, -0.2) is 0 Å². The molecule has 3 unspecified atom stereocenters. The van der Waals surface area contributed by atoms with Gasteiger partial charge in [-0.1, -0.05) is 26.2 Å². The van der Waals surface area contributed by atoms with Gasteiger partial charge >= 0.3 is 0 Å². The number of carbonyl (C=O) groups excluding carboxylic acids is 1. The summed E-state index contributed by atoms with van der Waals surface area (Å²) in [6.07, 6.45) is 8.50.